The molecule has 2 nitrogen and oxygen atoms in total. The molecule has 1 heterocycles. The highest BCUT2D eigenvalue weighted by molar-refractivity contribution is 6.15. The van der Waals surface area contributed by atoms with Gasteiger partial charge in [-0.25, -0.2) is 0 Å². The predicted octanol–water partition coefficient (Wildman–Crippen LogP) is 5.01. The van der Waals surface area contributed by atoms with Crippen LogP contribution < -0.4 is 5.32 Å². The number of phenols is 1. The second-order valence-electron chi connectivity index (χ2n) is 4.55. The molecule has 0 fully saturated rings. The van der Waals surface area contributed by atoms with Gasteiger partial charge in [0.05, 0.1) is 0 Å². The lowest BCUT2D eigenvalue weighted by atomic mass is 9.94. The predicted molar refractivity (Wildman–Crippen MR) is 90.4 cm³/mol. The Hall–Kier alpha value is -1.41. The van der Waals surface area contributed by atoms with Crippen LogP contribution in [0.5, 0.6) is 5.75 Å². The van der Waals surface area contributed by atoms with Gasteiger partial charge in [0.1, 0.15) is 5.75 Å². The van der Waals surface area contributed by atoms with Gasteiger partial charge in [0.25, 0.3) is 0 Å². The number of rotatable bonds is 0. The topological polar surface area (TPSA) is 32.3 Å². The molecule has 20 heavy (non-hydrogen) atoms. The summed E-state index contributed by atoms with van der Waals surface area (Å²) in [5.74, 6) is 0.393. The van der Waals surface area contributed by atoms with Gasteiger partial charge in [-0.2, -0.15) is 0 Å². The van der Waals surface area contributed by atoms with E-state index in [1.807, 2.05) is 19.9 Å². The number of aromatic hydroxyl groups is 1. The second-order valence-corrected chi connectivity index (χ2v) is 4.55. The van der Waals surface area contributed by atoms with E-state index in [4.69, 9.17) is 0 Å². The van der Waals surface area contributed by atoms with E-state index in [1.165, 1.54) is 22.9 Å². The van der Waals surface area contributed by atoms with Crippen molar-refractivity contribution >= 4 is 28.1 Å². The van der Waals surface area contributed by atoms with Crippen molar-refractivity contribution in [1.82, 2.24) is 0 Å². The van der Waals surface area contributed by atoms with E-state index in [0.29, 0.717) is 5.75 Å². The van der Waals surface area contributed by atoms with Gasteiger partial charge in [-0.1, -0.05) is 26.0 Å². The van der Waals surface area contributed by atoms with E-state index in [0.717, 1.165) is 29.6 Å². The second kappa shape index (κ2) is 7.39. The molecule has 2 aromatic rings. The number of fused-ring (bicyclic) bond motifs is 3. The van der Waals surface area contributed by atoms with Crippen LogP contribution in [0.2, 0.25) is 0 Å². The molecule has 0 aliphatic carbocycles. The molecular weight excluding hydrogens is 270 g/mol. The highest BCUT2D eigenvalue weighted by Gasteiger charge is 2.18. The number of hydrogen-bond donors (Lipinski definition) is 2. The molecular formula is C17H24ClNO. The van der Waals surface area contributed by atoms with Crippen LogP contribution in [0, 0.1) is 13.8 Å². The number of aryl methyl sites for hydroxylation is 2. The first-order chi connectivity index (χ1) is 9.68. The molecule has 3 rings (SSSR count). The van der Waals surface area contributed by atoms with Crippen LogP contribution in [0.15, 0.2) is 18.2 Å². The molecule has 0 amide bonds. The van der Waals surface area contributed by atoms with E-state index in [9.17, 15) is 5.11 Å². The molecule has 0 spiro atoms. The molecule has 0 aromatic heterocycles. The fourth-order valence-electron chi connectivity index (χ4n) is 2.70. The van der Waals surface area contributed by atoms with Gasteiger partial charge in [0.15, 0.2) is 0 Å². The molecule has 0 atom stereocenters. The van der Waals surface area contributed by atoms with Crippen molar-refractivity contribution in [3.8, 4) is 5.75 Å². The lowest BCUT2D eigenvalue weighted by Gasteiger charge is -2.12. The molecule has 0 saturated carbocycles. The average Bonchev–Trinajstić information content (AvgIpc) is 2.94. The number of benzene rings is 2. The van der Waals surface area contributed by atoms with Gasteiger partial charge in [0, 0.05) is 30.1 Å². The third kappa shape index (κ3) is 2.85. The molecule has 0 unspecified atom stereocenters. The molecule has 0 radical (unpaired) electrons. The first-order valence-electron chi connectivity index (χ1n) is 7.05. The van der Waals surface area contributed by atoms with Gasteiger partial charge in [-0.05, 0) is 42.3 Å². The van der Waals surface area contributed by atoms with E-state index in [2.05, 4.69) is 42.9 Å². The molecule has 3 heteroatoms. The monoisotopic (exact) mass is 293 g/mol. The number of anilines is 1. The molecule has 2 N–H and O–H groups in total. The number of phenolic OH excluding ortho intramolecular Hbond substituents is 1. The van der Waals surface area contributed by atoms with Gasteiger partial charge >= 0.3 is 0 Å². The number of hydrogen-bond acceptors (Lipinski definition) is 2. The fourth-order valence-corrected chi connectivity index (χ4v) is 2.70. The Kier molecular flexibility index (Phi) is 6.15. The molecule has 2 aromatic carbocycles. The lowest BCUT2D eigenvalue weighted by molar-refractivity contribution is 0.481. The van der Waals surface area contributed by atoms with E-state index >= 15 is 0 Å². The van der Waals surface area contributed by atoms with E-state index in [-0.39, 0.29) is 0 Å². The summed E-state index contributed by atoms with van der Waals surface area (Å²) in [6, 6.07) is 6.07. The Labute approximate surface area is 126 Å². The van der Waals surface area contributed by atoms with E-state index < -0.39 is 0 Å². The van der Waals surface area contributed by atoms with Crippen LogP contribution in [0.4, 0.5) is 5.69 Å². The Morgan fingerprint density at radius 2 is 1.60 bits per heavy atom. The number of alkyl halides is 1. The van der Waals surface area contributed by atoms with Crippen molar-refractivity contribution in [3.05, 3.63) is 34.9 Å². The van der Waals surface area contributed by atoms with Gasteiger partial charge < -0.3 is 10.4 Å². The fraction of sp³-hybridized carbons (Fsp3) is 0.412. The average molecular weight is 294 g/mol. The maximum Gasteiger partial charge on any atom is 0.125 e. The zero-order valence-corrected chi connectivity index (χ0v) is 13.7. The summed E-state index contributed by atoms with van der Waals surface area (Å²) in [6.07, 6.45) is 2.52. The van der Waals surface area contributed by atoms with Crippen LogP contribution >= 0.6 is 11.6 Å². The largest absolute Gasteiger partial charge is 0.507 e. The molecule has 0 bridgehead atoms. The van der Waals surface area contributed by atoms with Crippen molar-refractivity contribution in [2.75, 3.05) is 18.2 Å². The van der Waals surface area contributed by atoms with Crippen LogP contribution in [-0.4, -0.2) is 18.0 Å². The van der Waals surface area contributed by atoms with Crippen molar-refractivity contribution in [2.24, 2.45) is 0 Å². The molecule has 110 valence electrons. The maximum absolute atomic E-state index is 10.1. The van der Waals surface area contributed by atoms with Crippen molar-refractivity contribution in [3.63, 3.8) is 0 Å². The first kappa shape index (κ1) is 16.6. The molecule has 0 saturated heterocycles. The summed E-state index contributed by atoms with van der Waals surface area (Å²) in [5.41, 5.74) is 4.84. The minimum absolute atomic E-state index is 0.393. The Morgan fingerprint density at radius 3 is 2.20 bits per heavy atom. The zero-order valence-electron chi connectivity index (χ0n) is 13.0. The number of halogens is 1. The minimum atomic E-state index is 0.393. The van der Waals surface area contributed by atoms with Crippen molar-refractivity contribution in [2.45, 2.75) is 34.1 Å². The van der Waals surface area contributed by atoms with Crippen LogP contribution in [0.3, 0.4) is 0 Å². The third-order valence-electron chi connectivity index (χ3n) is 3.48. The maximum atomic E-state index is 10.1. The Balaban J connectivity index is 0.000000461. The highest BCUT2D eigenvalue weighted by Crippen LogP contribution is 2.39. The first-order valence-corrected chi connectivity index (χ1v) is 7.80. The standard InChI is InChI=1S/C14H15NO.C2H6.CH3Cl/c1-8-3-4-9(2)14-12(16)7-11-10(13(8)14)5-6-15-11;2*1-2/h3-4,7,15-16H,5-6H2,1-2H3;1-2H3;1H3. The van der Waals surface area contributed by atoms with Crippen LogP contribution in [-0.2, 0) is 6.42 Å². The summed E-state index contributed by atoms with van der Waals surface area (Å²) in [4.78, 5) is 0. The molecule has 1 aliphatic heterocycles. The summed E-state index contributed by atoms with van der Waals surface area (Å²) >= 11 is 4.64. The van der Waals surface area contributed by atoms with Crippen LogP contribution in [0.1, 0.15) is 30.5 Å². The lowest BCUT2D eigenvalue weighted by Crippen LogP contribution is -1.90. The summed E-state index contributed by atoms with van der Waals surface area (Å²) < 4.78 is 0. The number of nitrogens with one attached hydrogen (secondary N) is 1. The summed E-state index contributed by atoms with van der Waals surface area (Å²) in [6.45, 7) is 9.14. The van der Waals surface area contributed by atoms with Gasteiger partial charge in [0.2, 0.25) is 0 Å². The SMILES string of the molecule is CC.CCl.Cc1ccc(C)c2c3c(cc(O)c12)NCC3. The van der Waals surface area contributed by atoms with Gasteiger partial charge in [-0.15, -0.1) is 11.6 Å². The summed E-state index contributed by atoms with van der Waals surface area (Å²) in [5, 5.41) is 15.7. The van der Waals surface area contributed by atoms with Crippen molar-refractivity contribution < 1.29 is 5.11 Å². The highest BCUT2D eigenvalue weighted by atomic mass is 35.5. The minimum Gasteiger partial charge on any atom is -0.507 e. The Bertz CT molecular complexity index is 593. The third-order valence-corrected chi connectivity index (χ3v) is 3.48. The molecule has 1 aliphatic rings. The van der Waals surface area contributed by atoms with Gasteiger partial charge in [-0.3, -0.25) is 0 Å². The Morgan fingerprint density at radius 1 is 1.05 bits per heavy atom. The quantitative estimate of drug-likeness (QED) is 0.669. The zero-order chi connectivity index (χ0) is 15.3. The van der Waals surface area contributed by atoms with Crippen LogP contribution in [0.25, 0.3) is 10.8 Å². The van der Waals surface area contributed by atoms with Crippen molar-refractivity contribution in [1.29, 1.82) is 0 Å². The normalized spacial score (nSPS) is 11.7. The van der Waals surface area contributed by atoms with E-state index in [1.54, 1.807) is 0 Å². The summed E-state index contributed by atoms with van der Waals surface area (Å²) in [7, 11) is 0. The smallest absolute Gasteiger partial charge is 0.125 e.